The van der Waals surface area contributed by atoms with Crippen molar-refractivity contribution in [3.63, 3.8) is 0 Å². The minimum absolute atomic E-state index is 0.187. The van der Waals surface area contributed by atoms with E-state index in [-0.39, 0.29) is 11.8 Å². The molecule has 0 aromatic rings. The third kappa shape index (κ3) is 1.27. The summed E-state index contributed by atoms with van der Waals surface area (Å²) in [7, 11) is 0. The highest BCUT2D eigenvalue weighted by Crippen LogP contribution is 2.49. The molecule has 1 aliphatic rings. The van der Waals surface area contributed by atoms with Crippen LogP contribution in [0.15, 0.2) is 0 Å². The van der Waals surface area contributed by atoms with Gasteiger partial charge in [-0.2, -0.15) is 0 Å². The molecule has 0 aromatic carbocycles. The largest absolute Gasteiger partial charge is 0.389 e. The van der Waals surface area contributed by atoms with E-state index in [0.29, 0.717) is 6.54 Å². The second-order valence-corrected chi connectivity index (χ2v) is 3.98. The van der Waals surface area contributed by atoms with Crippen molar-refractivity contribution in [1.29, 1.82) is 0 Å². The summed E-state index contributed by atoms with van der Waals surface area (Å²) in [4.78, 5) is 10.3. The zero-order valence-corrected chi connectivity index (χ0v) is 7.55. The predicted octanol–water partition coefficient (Wildman–Crippen LogP) is 0.455. The first-order chi connectivity index (χ1) is 5.58. The highest BCUT2D eigenvalue weighted by Gasteiger charge is 2.49. The van der Waals surface area contributed by atoms with E-state index in [4.69, 9.17) is 5.73 Å². The number of aliphatic hydroxyl groups is 1. The molecule has 1 unspecified atom stereocenters. The fourth-order valence-corrected chi connectivity index (χ4v) is 1.94. The van der Waals surface area contributed by atoms with Gasteiger partial charge in [-0.25, -0.2) is 0 Å². The first-order valence-electron chi connectivity index (χ1n) is 4.44. The molecular weight excluding hydrogens is 154 g/mol. The fourth-order valence-electron chi connectivity index (χ4n) is 1.94. The molecule has 3 nitrogen and oxygen atoms in total. The lowest BCUT2D eigenvalue weighted by molar-refractivity contribution is -0.131. The van der Waals surface area contributed by atoms with Gasteiger partial charge in [-0.3, -0.25) is 0 Å². The molecule has 0 aliphatic heterocycles. The lowest BCUT2D eigenvalue weighted by Gasteiger charge is -2.50. The van der Waals surface area contributed by atoms with E-state index >= 15 is 0 Å². The van der Waals surface area contributed by atoms with Gasteiger partial charge in [0.1, 0.15) is 6.29 Å². The summed E-state index contributed by atoms with van der Waals surface area (Å²) < 4.78 is 0. The van der Waals surface area contributed by atoms with Gasteiger partial charge in [0.05, 0.1) is 5.60 Å². The minimum atomic E-state index is -0.901. The van der Waals surface area contributed by atoms with E-state index in [0.717, 1.165) is 25.5 Å². The Morgan fingerprint density at radius 1 is 1.67 bits per heavy atom. The second kappa shape index (κ2) is 3.15. The number of hydrogen-bond donors (Lipinski definition) is 2. The van der Waals surface area contributed by atoms with Crippen LogP contribution in [0.5, 0.6) is 0 Å². The Balaban J connectivity index is 2.69. The SMILES string of the molecule is CC(O)(CC=O)C1(CN)CCC1. The van der Waals surface area contributed by atoms with Crippen LogP contribution in [-0.4, -0.2) is 23.5 Å². The molecule has 70 valence electrons. The number of carbonyl (C=O) groups is 1. The van der Waals surface area contributed by atoms with Gasteiger partial charge in [0.25, 0.3) is 0 Å². The first-order valence-corrected chi connectivity index (χ1v) is 4.44. The molecule has 3 heteroatoms. The Morgan fingerprint density at radius 3 is 2.50 bits per heavy atom. The molecule has 12 heavy (non-hydrogen) atoms. The Hall–Kier alpha value is -0.410. The smallest absolute Gasteiger partial charge is 0.122 e. The fraction of sp³-hybridized carbons (Fsp3) is 0.889. The van der Waals surface area contributed by atoms with Crippen molar-refractivity contribution in [2.45, 2.75) is 38.2 Å². The van der Waals surface area contributed by atoms with E-state index in [1.807, 2.05) is 0 Å². The van der Waals surface area contributed by atoms with Gasteiger partial charge in [0, 0.05) is 18.4 Å². The quantitative estimate of drug-likeness (QED) is 0.604. The van der Waals surface area contributed by atoms with Gasteiger partial charge in [-0.1, -0.05) is 6.42 Å². The summed E-state index contributed by atoms with van der Waals surface area (Å²) in [5, 5.41) is 9.97. The first kappa shape index (κ1) is 9.68. The Kier molecular flexibility index (Phi) is 2.54. The third-order valence-corrected chi connectivity index (χ3v) is 3.32. The molecule has 1 rings (SSSR count). The van der Waals surface area contributed by atoms with Crippen LogP contribution < -0.4 is 5.73 Å². The van der Waals surface area contributed by atoms with Crippen molar-refractivity contribution in [3.8, 4) is 0 Å². The molecule has 0 amide bonds. The summed E-state index contributed by atoms with van der Waals surface area (Å²) in [6.45, 7) is 2.20. The van der Waals surface area contributed by atoms with Crippen molar-refractivity contribution >= 4 is 6.29 Å². The van der Waals surface area contributed by atoms with E-state index in [2.05, 4.69) is 0 Å². The van der Waals surface area contributed by atoms with Crippen molar-refractivity contribution in [2.24, 2.45) is 11.1 Å². The predicted molar refractivity (Wildman–Crippen MR) is 46.6 cm³/mol. The Labute approximate surface area is 72.9 Å². The molecule has 1 fully saturated rings. The number of nitrogens with two attached hydrogens (primary N) is 1. The average molecular weight is 171 g/mol. The monoisotopic (exact) mass is 171 g/mol. The number of rotatable bonds is 4. The molecule has 1 atom stereocenters. The Bertz CT molecular complexity index is 168. The third-order valence-electron chi connectivity index (χ3n) is 3.32. The molecule has 0 saturated heterocycles. The zero-order valence-electron chi connectivity index (χ0n) is 7.55. The molecule has 0 aromatic heterocycles. The summed E-state index contributed by atoms with van der Waals surface area (Å²) in [5.41, 5.74) is 4.52. The maximum Gasteiger partial charge on any atom is 0.122 e. The molecule has 0 spiro atoms. The van der Waals surface area contributed by atoms with Crippen molar-refractivity contribution in [2.75, 3.05) is 6.54 Å². The summed E-state index contributed by atoms with van der Waals surface area (Å²) in [6.07, 6.45) is 3.99. The van der Waals surface area contributed by atoms with Gasteiger partial charge in [-0.05, 0) is 19.8 Å². The molecule has 0 bridgehead atoms. The molecule has 0 heterocycles. The summed E-state index contributed by atoms with van der Waals surface area (Å²) >= 11 is 0. The highest BCUT2D eigenvalue weighted by molar-refractivity contribution is 5.51. The van der Waals surface area contributed by atoms with Gasteiger partial charge in [0.15, 0.2) is 0 Å². The van der Waals surface area contributed by atoms with Crippen LogP contribution in [0, 0.1) is 5.41 Å². The highest BCUT2D eigenvalue weighted by atomic mass is 16.3. The van der Waals surface area contributed by atoms with E-state index in [9.17, 15) is 9.90 Å². The minimum Gasteiger partial charge on any atom is -0.389 e. The second-order valence-electron chi connectivity index (χ2n) is 3.98. The van der Waals surface area contributed by atoms with Crippen LogP contribution >= 0.6 is 0 Å². The van der Waals surface area contributed by atoms with Crippen molar-refractivity contribution < 1.29 is 9.90 Å². The maximum atomic E-state index is 10.3. The zero-order chi connectivity index (χ0) is 9.24. The standard InChI is InChI=1S/C9H17NO2/c1-8(12,5-6-11)9(7-10)3-2-4-9/h6,12H,2-5,7,10H2,1H3. The van der Waals surface area contributed by atoms with Crippen molar-refractivity contribution in [1.82, 2.24) is 0 Å². The van der Waals surface area contributed by atoms with Gasteiger partial charge in [-0.15, -0.1) is 0 Å². The molecule has 3 N–H and O–H groups in total. The van der Waals surface area contributed by atoms with Crippen LogP contribution in [0.3, 0.4) is 0 Å². The van der Waals surface area contributed by atoms with Crippen LogP contribution in [-0.2, 0) is 4.79 Å². The number of aldehydes is 1. The van der Waals surface area contributed by atoms with E-state index in [1.165, 1.54) is 0 Å². The lowest BCUT2D eigenvalue weighted by Crippen LogP contribution is -2.55. The number of hydrogen-bond acceptors (Lipinski definition) is 3. The summed E-state index contributed by atoms with van der Waals surface area (Å²) in [6, 6.07) is 0. The number of carbonyl (C=O) groups excluding carboxylic acids is 1. The van der Waals surface area contributed by atoms with Gasteiger partial charge in [0.2, 0.25) is 0 Å². The summed E-state index contributed by atoms with van der Waals surface area (Å²) in [5.74, 6) is 0. The van der Waals surface area contributed by atoms with Crippen molar-refractivity contribution in [3.05, 3.63) is 0 Å². The molecule has 1 aliphatic carbocycles. The van der Waals surface area contributed by atoms with Gasteiger partial charge < -0.3 is 15.6 Å². The molecule has 0 radical (unpaired) electrons. The average Bonchev–Trinajstić information content (AvgIpc) is 1.84. The van der Waals surface area contributed by atoms with Crippen LogP contribution in [0.25, 0.3) is 0 Å². The normalized spacial score (nSPS) is 25.6. The molecular formula is C9H17NO2. The van der Waals surface area contributed by atoms with Crippen LogP contribution in [0.4, 0.5) is 0 Å². The Morgan fingerprint density at radius 2 is 2.25 bits per heavy atom. The lowest BCUT2D eigenvalue weighted by atomic mass is 9.58. The van der Waals surface area contributed by atoms with E-state index in [1.54, 1.807) is 6.92 Å². The maximum absolute atomic E-state index is 10.3. The molecule has 1 saturated carbocycles. The van der Waals surface area contributed by atoms with Crippen LogP contribution in [0.2, 0.25) is 0 Å². The topological polar surface area (TPSA) is 63.3 Å². The van der Waals surface area contributed by atoms with E-state index < -0.39 is 5.60 Å². The van der Waals surface area contributed by atoms with Gasteiger partial charge >= 0.3 is 0 Å². The van der Waals surface area contributed by atoms with Crippen LogP contribution in [0.1, 0.15) is 32.6 Å².